The van der Waals surface area contributed by atoms with E-state index in [1.807, 2.05) is 25.7 Å². The highest BCUT2D eigenvalue weighted by Crippen LogP contribution is 2.24. The number of rotatable bonds is 4. The van der Waals surface area contributed by atoms with Crippen molar-refractivity contribution in [3.05, 3.63) is 11.8 Å². The Hall–Kier alpha value is -1.68. The van der Waals surface area contributed by atoms with E-state index in [4.69, 9.17) is 4.42 Å². The van der Waals surface area contributed by atoms with Gasteiger partial charge in [-0.1, -0.05) is 20.8 Å². The summed E-state index contributed by atoms with van der Waals surface area (Å²) in [7, 11) is 0. The summed E-state index contributed by atoms with van der Waals surface area (Å²) < 4.78 is 43.8. The highest BCUT2D eigenvalue weighted by molar-refractivity contribution is 5.82. The van der Waals surface area contributed by atoms with Crippen LogP contribution in [0.15, 0.2) is 4.42 Å². The number of hydrogen-bond acceptors (Lipinski definition) is 6. The standard InChI is InChI=1S/C18H28F3N5O2/c1-17(2,3)16-23-22-14(28-16)11-24-7-9-25(10-8-24)13-5-4-6-26(15(13)27)12-18(19,20)21/h13H,4-12H2,1-3H3/t13-/m0/s1. The molecule has 10 heteroatoms. The second kappa shape index (κ2) is 7.98. The van der Waals surface area contributed by atoms with Gasteiger partial charge < -0.3 is 9.32 Å². The monoisotopic (exact) mass is 403 g/mol. The number of halogens is 3. The number of likely N-dealkylation sites (tertiary alicyclic amines) is 1. The fourth-order valence-corrected chi connectivity index (χ4v) is 3.68. The third-order valence-electron chi connectivity index (χ3n) is 5.19. The SMILES string of the molecule is CC(C)(C)c1nnc(CN2CCN([C@H]3CCCN(CC(F)(F)F)C3=O)CC2)o1. The maximum absolute atomic E-state index is 12.7. The van der Waals surface area contributed by atoms with Crippen molar-refractivity contribution in [2.45, 2.75) is 57.8 Å². The Morgan fingerprint density at radius 3 is 2.32 bits per heavy atom. The van der Waals surface area contributed by atoms with Crippen molar-refractivity contribution in [2.75, 3.05) is 39.3 Å². The van der Waals surface area contributed by atoms with E-state index in [-0.39, 0.29) is 12.0 Å². The molecule has 0 unspecified atom stereocenters. The Kier molecular flexibility index (Phi) is 6.00. The Labute approximate surface area is 162 Å². The molecule has 3 heterocycles. The predicted octanol–water partition coefficient (Wildman–Crippen LogP) is 2.04. The summed E-state index contributed by atoms with van der Waals surface area (Å²) in [5, 5.41) is 8.20. The van der Waals surface area contributed by atoms with Crippen LogP contribution in [0.1, 0.15) is 45.4 Å². The fourth-order valence-electron chi connectivity index (χ4n) is 3.68. The van der Waals surface area contributed by atoms with Crippen LogP contribution in [-0.4, -0.2) is 82.3 Å². The third-order valence-corrected chi connectivity index (χ3v) is 5.19. The lowest BCUT2D eigenvalue weighted by Gasteiger charge is -2.42. The molecular formula is C18H28F3N5O2. The Morgan fingerprint density at radius 2 is 1.75 bits per heavy atom. The molecule has 2 fully saturated rings. The molecule has 158 valence electrons. The van der Waals surface area contributed by atoms with Gasteiger partial charge >= 0.3 is 6.18 Å². The minimum Gasteiger partial charge on any atom is -0.423 e. The third kappa shape index (κ3) is 5.22. The van der Waals surface area contributed by atoms with Gasteiger partial charge in [0.15, 0.2) is 0 Å². The molecule has 0 aliphatic carbocycles. The number of alkyl halides is 3. The number of piperidine rings is 1. The molecule has 1 aromatic rings. The van der Waals surface area contributed by atoms with Crippen molar-refractivity contribution in [3.63, 3.8) is 0 Å². The molecule has 0 bridgehead atoms. The number of hydrogen-bond donors (Lipinski definition) is 0. The van der Waals surface area contributed by atoms with Gasteiger partial charge in [-0.25, -0.2) is 0 Å². The van der Waals surface area contributed by atoms with Gasteiger partial charge in [-0.05, 0) is 12.8 Å². The lowest BCUT2D eigenvalue weighted by molar-refractivity contribution is -0.168. The van der Waals surface area contributed by atoms with E-state index in [1.54, 1.807) is 0 Å². The number of aromatic nitrogens is 2. The first kappa shape index (κ1) is 21.0. The van der Waals surface area contributed by atoms with E-state index in [0.717, 1.165) is 4.90 Å². The van der Waals surface area contributed by atoms with E-state index < -0.39 is 24.7 Å². The fraction of sp³-hybridized carbons (Fsp3) is 0.833. The highest BCUT2D eigenvalue weighted by atomic mass is 19.4. The second-order valence-electron chi connectivity index (χ2n) is 8.60. The number of carbonyl (C=O) groups excluding carboxylic acids is 1. The van der Waals surface area contributed by atoms with Gasteiger partial charge in [0.1, 0.15) is 6.54 Å². The summed E-state index contributed by atoms with van der Waals surface area (Å²) in [6.45, 7) is 8.26. The number of carbonyl (C=O) groups is 1. The predicted molar refractivity (Wildman–Crippen MR) is 95.5 cm³/mol. The molecule has 0 N–H and O–H groups in total. The maximum Gasteiger partial charge on any atom is 0.406 e. The zero-order valence-electron chi connectivity index (χ0n) is 16.6. The zero-order chi connectivity index (χ0) is 20.5. The molecule has 3 rings (SSSR count). The van der Waals surface area contributed by atoms with Crippen molar-refractivity contribution >= 4 is 5.91 Å². The summed E-state index contributed by atoms with van der Waals surface area (Å²) in [5.74, 6) is 0.755. The number of piperazine rings is 1. The summed E-state index contributed by atoms with van der Waals surface area (Å²) in [6, 6.07) is -0.450. The highest BCUT2D eigenvalue weighted by Gasteiger charge is 2.40. The molecule has 28 heavy (non-hydrogen) atoms. The van der Waals surface area contributed by atoms with Crippen molar-refractivity contribution in [2.24, 2.45) is 0 Å². The van der Waals surface area contributed by atoms with Crippen LogP contribution < -0.4 is 0 Å². The molecule has 1 atom stereocenters. The number of nitrogens with zero attached hydrogens (tertiary/aromatic N) is 5. The van der Waals surface area contributed by atoms with Crippen molar-refractivity contribution < 1.29 is 22.4 Å². The van der Waals surface area contributed by atoms with Crippen LogP contribution in [0.2, 0.25) is 0 Å². The maximum atomic E-state index is 12.7. The molecule has 1 aromatic heterocycles. The van der Waals surface area contributed by atoms with Gasteiger partial charge in [-0.2, -0.15) is 13.2 Å². The van der Waals surface area contributed by atoms with E-state index in [9.17, 15) is 18.0 Å². The van der Waals surface area contributed by atoms with Crippen LogP contribution in [0.4, 0.5) is 13.2 Å². The van der Waals surface area contributed by atoms with Gasteiger partial charge in [-0.3, -0.25) is 14.6 Å². The number of amides is 1. The first-order chi connectivity index (χ1) is 13.0. The minimum absolute atomic E-state index is 0.183. The molecule has 2 saturated heterocycles. The summed E-state index contributed by atoms with van der Waals surface area (Å²) in [4.78, 5) is 17.6. The molecule has 1 amide bonds. The summed E-state index contributed by atoms with van der Waals surface area (Å²) in [6.07, 6.45) is -3.14. The molecule has 2 aliphatic heterocycles. The molecule has 0 radical (unpaired) electrons. The minimum atomic E-state index is -4.35. The largest absolute Gasteiger partial charge is 0.423 e. The first-order valence-corrected chi connectivity index (χ1v) is 9.68. The molecule has 0 spiro atoms. The van der Waals surface area contributed by atoms with E-state index in [1.165, 1.54) is 0 Å². The lowest BCUT2D eigenvalue weighted by atomic mass is 9.97. The molecule has 7 nitrogen and oxygen atoms in total. The van der Waals surface area contributed by atoms with Crippen LogP contribution >= 0.6 is 0 Å². The molecular weight excluding hydrogens is 375 g/mol. The van der Waals surface area contributed by atoms with Crippen molar-refractivity contribution in [3.8, 4) is 0 Å². The first-order valence-electron chi connectivity index (χ1n) is 9.68. The Bertz CT molecular complexity index is 677. The van der Waals surface area contributed by atoms with Crippen LogP contribution in [0.5, 0.6) is 0 Å². The quantitative estimate of drug-likeness (QED) is 0.767. The second-order valence-corrected chi connectivity index (χ2v) is 8.60. The Morgan fingerprint density at radius 1 is 1.07 bits per heavy atom. The van der Waals surface area contributed by atoms with E-state index >= 15 is 0 Å². The molecule has 0 aromatic carbocycles. The van der Waals surface area contributed by atoms with Gasteiger partial charge in [0, 0.05) is 38.1 Å². The topological polar surface area (TPSA) is 65.7 Å². The molecule has 2 aliphatic rings. The van der Waals surface area contributed by atoms with Crippen LogP contribution in [-0.2, 0) is 16.8 Å². The van der Waals surface area contributed by atoms with Crippen LogP contribution in [0.25, 0.3) is 0 Å². The van der Waals surface area contributed by atoms with Gasteiger partial charge in [-0.15, -0.1) is 10.2 Å². The van der Waals surface area contributed by atoms with E-state index in [0.29, 0.717) is 57.3 Å². The van der Waals surface area contributed by atoms with Crippen LogP contribution in [0, 0.1) is 0 Å². The average Bonchev–Trinajstić information content (AvgIpc) is 3.05. The summed E-state index contributed by atoms with van der Waals surface area (Å²) in [5.41, 5.74) is -0.201. The van der Waals surface area contributed by atoms with Crippen molar-refractivity contribution in [1.29, 1.82) is 0 Å². The van der Waals surface area contributed by atoms with Gasteiger partial charge in [0.2, 0.25) is 17.7 Å². The normalized spacial score (nSPS) is 23.4. The summed E-state index contributed by atoms with van der Waals surface area (Å²) >= 11 is 0. The smallest absolute Gasteiger partial charge is 0.406 e. The average molecular weight is 403 g/mol. The van der Waals surface area contributed by atoms with Gasteiger partial charge in [0.05, 0.1) is 12.6 Å². The van der Waals surface area contributed by atoms with Crippen molar-refractivity contribution in [1.82, 2.24) is 24.9 Å². The molecule has 0 saturated carbocycles. The zero-order valence-corrected chi connectivity index (χ0v) is 16.6. The lowest BCUT2D eigenvalue weighted by Crippen LogP contribution is -2.58. The van der Waals surface area contributed by atoms with E-state index in [2.05, 4.69) is 15.1 Å². The van der Waals surface area contributed by atoms with Crippen LogP contribution in [0.3, 0.4) is 0 Å². The van der Waals surface area contributed by atoms with Gasteiger partial charge in [0.25, 0.3) is 0 Å². The Balaban J connectivity index is 1.52.